The summed E-state index contributed by atoms with van der Waals surface area (Å²) in [6, 6.07) is 1.81. The summed E-state index contributed by atoms with van der Waals surface area (Å²) >= 11 is 5.55. The summed E-state index contributed by atoms with van der Waals surface area (Å²) < 4.78 is 23.5. The number of hydrogen-bond donors (Lipinski definition) is 0. The zero-order valence-electron chi connectivity index (χ0n) is 10.3. The van der Waals surface area contributed by atoms with Crippen LogP contribution in [-0.4, -0.2) is 21.3 Å². The Morgan fingerprint density at radius 3 is 3.05 bits per heavy atom. The fourth-order valence-electron chi connectivity index (χ4n) is 1.94. The molecule has 1 unspecified atom stereocenters. The number of halogens is 2. The number of rotatable bonds is 3. The molecule has 0 spiro atoms. The van der Waals surface area contributed by atoms with Crippen molar-refractivity contribution in [1.82, 2.24) is 10.3 Å². The lowest BCUT2D eigenvalue weighted by Gasteiger charge is -2.17. The van der Waals surface area contributed by atoms with Crippen LogP contribution in [0.2, 0.25) is 5.02 Å². The minimum Gasteiger partial charge on any atom is -0.479 e. The van der Waals surface area contributed by atoms with Crippen LogP contribution in [0.15, 0.2) is 22.8 Å². The number of nitrogens with zero attached hydrogens (tertiary/aromatic N) is 3. The van der Waals surface area contributed by atoms with Crippen molar-refractivity contribution >= 4 is 23.4 Å². The third kappa shape index (κ3) is 2.57. The number of benzene rings is 1. The number of ether oxygens (including phenoxy) is 1. The molecular weight excluding hydrogens is 305 g/mol. The first kappa shape index (κ1) is 13.5. The average Bonchev–Trinajstić information content (AvgIpc) is 2.89. The minimum absolute atomic E-state index is 0.198. The van der Waals surface area contributed by atoms with E-state index in [2.05, 4.69) is 14.9 Å². The summed E-state index contributed by atoms with van der Waals surface area (Å²) in [7, 11) is 0. The van der Waals surface area contributed by atoms with Crippen LogP contribution < -0.4 is 4.74 Å². The minimum atomic E-state index is -0.791. The van der Waals surface area contributed by atoms with Gasteiger partial charge in [-0.25, -0.2) is 9.02 Å². The van der Waals surface area contributed by atoms with Crippen LogP contribution >= 0.6 is 11.6 Å². The highest BCUT2D eigenvalue weighted by Gasteiger charge is 2.25. The molecule has 0 N–H and O–H groups in total. The van der Waals surface area contributed by atoms with Crippen molar-refractivity contribution in [3.63, 3.8) is 0 Å². The van der Waals surface area contributed by atoms with E-state index in [0.29, 0.717) is 17.8 Å². The SMILES string of the molecule is O=[N+]([O-])c1cc(Cl)c(F)cc1OC1C=Cc2nonc2C1. The molecule has 2 aromatic rings. The molecule has 0 radical (unpaired) electrons. The molecule has 1 aromatic heterocycles. The number of aromatic nitrogens is 2. The molecule has 0 amide bonds. The third-order valence-electron chi connectivity index (χ3n) is 2.93. The summed E-state index contributed by atoms with van der Waals surface area (Å²) in [5.41, 5.74) is 0.741. The summed E-state index contributed by atoms with van der Waals surface area (Å²) in [6.07, 6.45) is 3.04. The number of nitro groups is 1. The Hall–Kier alpha value is -2.48. The third-order valence-corrected chi connectivity index (χ3v) is 3.22. The molecular formula is C12H7ClFN3O4. The van der Waals surface area contributed by atoms with E-state index in [1.165, 1.54) is 0 Å². The molecule has 7 nitrogen and oxygen atoms in total. The molecule has 1 aliphatic rings. The number of fused-ring (bicyclic) bond motifs is 1. The Balaban J connectivity index is 1.89. The highest BCUT2D eigenvalue weighted by molar-refractivity contribution is 6.31. The Bertz CT molecular complexity index is 746. The maximum atomic E-state index is 13.5. The van der Waals surface area contributed by atoms with Crippen molar-refractivity contribution in [2.75, 3.05) is 0 Å². The molecule has 108 valence electrons. The van der Waals surface area contributed by atoms with Crippen LogP contribution in [0.4, 0.5) is 10.1 Å². The molecule has 21 heavy (non-hydrogen) atoms. The fraction of sp³-hybridized carbons (Fsp3) is 0.167. The van der Waals surface area contributed by atoms with E-state index in [-0.39, 0.29) is 10.8 Å². The molecule has 3 rings (SSSR count). The van der Waals surface area contributed by atoms with Gasteiger partial charge in [0.1, 0.15) is 23.3 Å². The number of hydrogen-bond acceptors (Lipinski definition) is 6. The standard InChI is InChI=1S/C12H7ClFN3O4/c13-7-4-11(17(18)19)12(5-8(7)14)20-6-1-2-9-10(3-6)16-21-15-9/h1-2,4-6H,3H2. The Morgan fingerprint density at radius 1 is 1.48 bits per heavy atom. The van der Waals surface area contributed by atoms with Crippen LogP contribution in [0.25, 0.3) is 6.08 Å². The van der Waals surface area contributed by atoms with Gasteiger partial charge in [0.25, 0.3) is 0 Å². The van der Waals surface area contributed by atoms with Gasteiger partial charge in [-0.3, -0.25) is 10.1 Å². The van der Waals surface area contributed by atoms with Crippen LogP contribution in [-0.2, 0) is 6.42 Å². The lowest BCUT2D eigenvalue weighted by molar-refractivity contribution is -0.386. The van der Waals surface area contributed by atoms with E-state index < -0.39 is 22.5 Å². The first-order valence-electron chi connectivity index (χ1n) is 5.84. The van der Waals surface area contributed by atoms with Gasteiger partial charge in [0, 0.05) is 18.6 Å². The predicted octanol–water partition coefficient (Wildman–Crippen LogP) is 2.79. The monoisotopic (exact) mass is 311 g/mol. The lowest BCUT2D eigenvalue weighted by atomic mass is 10.1. The highest BCUT2D eigenvalue weighted by atomic mass is 35.5. The molecule has 9 heteroatoms. The van der Waals surface area contributed by atoms with Gasteiger partial charge in [-0.1, -0.05) is 21.9 Å². The largest absolute Gasteiger partial charge is 0.479 e. The lowest BCUT2D eigenvalue weighted by Crippen LogP contribution is -2.20. The van der Waals surface area contributed by atoms with E-state index >= 15 is 0 Å². The quantitative estimate of drug-likeness (QED) is 0.639. The van der Waals surface area contributed by atoms with Gasteiger partial charge in [0.2, 0.25) is 5.75 Å². The van der Waals surface area contributed by atoms with Gasteiger partial charge in [0.05, 0.1) is 9.95 Å². The van der Waals surface area contributed by atoms with E-state index in [0.717, 1.165) is 12.1 Å². The van der Waals surface area contributed by atoms with Crippen LogP contribution in [0.3, 0.4) is 0 Å². The zero-order chi connectivity index (χ0) is 15.0. The van der Waals surface area contributed by atoms with Gasteiger partial charge in [-0.05, 0) is 12.2 Å². The molecule has 0 saturated carbocycles. The average molecular weight is 312 g/mol. The molecule has 1 atom stereocenters. The Labute approximate surface area is 122 Å². The van der Waals surface area contributed by atoms with Crippen molar-refractivity contribution < 1.29 is 18.7 Å². The second-order valence-electron chi connectivity index (χ2n) is 4.31. The molecule has 0 bridgehead atoms. The van der Waals surface area contributed by atoms with Crippen LogP contribution in [0.1, 0.15) is 11.4 Å². The molecule has 1 aliphatic carbocycles. The maximum Gasteiger partial charge on any atom is 0.312 e. The summed E-state index contributed by atoms with van der Waals surface area (Å²) in [5, 5.41) is 18.0. The second-order valence-corrected chi connectivity index (χ2v) is 4.71. The van der Waals surface area contributed by atoms with Gasteiger partial charge in [-0.15, -0.1) is 0 Å². The van der Waals surface area contributed by atoms with Gasteiger partial charge >= 0.3 is 5.69 Å². The van der Waals surface area contributed by atoms with Crippen LogP contribution in [0, 0.1) is 15.9 Å². The predicted molar refractivity (Wildman–Crippen MR) is 69.5 cm³/mol. The van der Waals surface area contributed by atoms with Crippen molar-refractivity contribution in [2.24, 2.45) is 0 Å². The summed E-state index contributed by atoms with van der Waals surface area (Å²) in [4.78, 5) is 10.3. The van der Waals surface area contributed by atoms with Crippen molar-refractivity contribution in [1.29, 1.82) is 0 Å². The first-order valence-corrected chi connectivity index (χ1v) is 6.22. The molecule has 1 aromatic carbocycles. The molecule has 1 heterocycles. The van der Waals surface area contributed by atoms with Gasteiger partial charge in [0.15, 0.2) is 0 Å². The number of nitro benzene ring substituents is 1. The second kappa shape index (κ2) is 5.13. The van der Waals surface area contributed by atoms with Gasteiger partial charge in [-0.2, -0.15) is 0 Å². The van der Waals surface area contributed by atoms with E-state index in [1.807, 2.05) is 0 Å². The zero-order valence-corrected chi connectivity index (χ0v) is 11.1. The topological polar surface area (TPSA) is 91.3 Å². The highest BCUT2D eigenvalue weighted by Crippen LogP contribution is 2.34. The Kier molecular flexibility index (Phi) is 3.30. The van der Waals surface area contributed by atoms with Crippen LogP contribution in [0.5, 0.6) is 5.75 Å². The first-order chi connectivity index (χ1) is 10.0. The summed E-state index contributed by atoms with van der Waals surface area (Å²) in [5.74, 6) is -0.989. The smallest absolute Gasteiger partial charge is 0.312 e. The van der Waals surface area contributed by atoms with Gasteiger partial charge < -0.3 is 4.74 Å². The fourth-order valence-corrected chi connectivity index (χ4v) is 2.10. The van der Waals surface area contributed by atoms with Crippen molar-refractivity contribution in [2.45, 2.75) is 12.5 Å². The van der Waals surface area contributed by atoms with E-state index in [4.69, 9.17) is 16.3 Å². The molecule has 0 aliphatic heterocycles. The normalized spacial score (nSPS) is 16.6. The maximum absolute atomic E-state index is 13.5. The van der Waals surface area contributed by atoms with Crippen molar-refractivity contribution in [3.8, 4) is 5.75 Å². The van der Waals surface area contributed by atoms with Crippen molar-refractivity contribution in [3.05, 3.63) is 50.6 Å². The van der Waals surface area contributed by atoms with E-state index in [9.17, 15) is 14.5 Å². The summed E-state index contributed by atoms with van der Waals surface area (Å²) in [6.45, 7) is 0. The Morgan fingerprint density at radius 2 is 2.29 bits per heavy atom. The molecule has 0 fully saturated rings. The van der Waals surface area contributed by atoms with E-state index in [1.54, 1.807) is 12.2 Å². The molecule has 0 saturated heterocycles.